The first-order chi connectivity index (χ1) is 12.9. The van der Waals surface area contributed by atoms with Gasteiger partial charge in [-0.3, -0.25) is 4.18 Å². The maximum absolute atomic E-state index is 12.3. The van der Waals surface area contributed by atoms with Gasteiger partial charge in [-0.1, -0.05) is 11.8 Å². The third-order valence-electron chi connectivity index (χ3n) is 4.12. The summed E-state index contributed by atoms with van der Waals surface area (Å²) in [7, 11) is -4.21. The molecule has 6 nitrogen and oxygen atoms in total. The van der Waals surface area contributed by atoms with Gasteiger partial charge in [0.1, 0.15) is 5.58 Å². The van der Waals surface area contributed by atoms with Crippen LogP contribution in [0.4, 0.5) is 0 Å². The molecule has 0 bridgehead atoms. The molecule has 0 atom stereocenters. The lowest BCUT2D eigenvalue weighted by atomic mass is 9.97. The molecule has 3 rings (SSSR count). The van der Waals surface area contributed by atoms with E-state index in [1.165, 1.54) is 13.0 Å². The predicted octanol–water partition coefficient (Wildman–Crippen LogP) is 3.45. The summed E-state index contributed by atoms with van der Waals surface area (Å²) in [5, 5.41) is -0.00627. The van der Waals surface area contributed by atoms with Crippen molar-refractivity contribution < 1.29 is 17.0 Å². The van der Waals surface area contributed by atoms with E-state index in [4.69, 9.17) is 11.0 Å². The van der Waals surface area contributed by atoms with E-state index in [0.717, 1.165) is 42.9 Å². The second kappa shape index (κ2) is 7.79. The van der Waals surface area contributed by atoms with Gasteiger partial charge in [-0.2, -0.15) is 0 Å². The Labute approximate surface area is 157 Å². The minimum absolute atomic E-state index is 0.0198. The molecule has 1 heterocycles. The fraction of sp³-hybridized carbons (Fsp3) is 0.300. The molecule has 27 heavy (non-hydrogen) atoms. The van der Waals surface area contributed by atoms with Crippen molar-refractivity contribution >= 4 is 27.2 Å². The van der Waals surface area contributed by atoms with E-state index in [1.807, 2.05) is 6.07 Å². The summed E-state index contributed by atoms with van der Waals surface area (Å²) in [6, 6.07) is 5.17. The summed E-state index contributed by atoms with van der Waals surface area (Å²) < 4.78 is 33.9. The Kier molecular flexibility index (Phi) is 5.46. The molecule has 1 aromatic heterocycles. The van der Waals surface area contributed by atoms with Gasteiger partial charge in [0, 0.05) is 17.4 Å². The van der Waals surface area contributed by atoms with Crippen molar-refractivity contribution in [3.05, 3.63) is 61.8 Å². The van der Waals surface area contributed by atoms with E-state index in [-0.39, 0.29) is 12.2 Å². The Bertz CT molecular complexity index is 1190. The van der Waals surface area contributed by atoms with Crippen molar-refractivity contribution in [2.24, 2.45) is 0 Å². The lowest BCUT2D eigenvalue weighted by molar-refractivity contribution is 0.343. The normalized spacial score (nSPS) is 14.4. The third kappa shape index (κ3) is 4.11. The smallest absolute Gasteiger partial charge is 0.342 e. The van der Waals surface area contributed by atoms with Crippen LogP contribution in [0.2, 0.25) is 0 Å². The fourth-order valence-corrected chi connectivity index (χ4v) is 3.66. The largest absolute Gasteiger partial charge is 0.422 e. The maximum atomic E-state index is 12.3. The maximum Gasteiger partial charge on any atom is 0.342 e. The van der Waals surface area contributed by atoms with E-state index < -0.39 is 20.8 Å². The average Bonchev–Trinajstić information content (AvgIpc) is 2.60. The average molecular weight is 383 g/mol. The summed E-state index contributed by atoms with van der Waals surface area (Å²) in [6.07, 6.45) is 4.76. The predicted molar refractivity (Wildman–Crippen MR) is 102 cm³/mol. The Morgan fingerprint density at radius 2 is 2.19 bits per heavy atom. The van der Waals surface area contributed by atoms with Crippen LogP contribution in [0.15, 0.2) is 32.4 Å². The zero-order valence-corrected chi connectivity index (χ0v) is 15.6. The molecule has 0 N–H and O–H groups in total. The van der Waals surface area contributed by atoms with Crippen molar-refractivity contribution in [3.63, 3.8) is 0 Å². The van der Waals surface area contributed by atoms with Gasteiger partial charge in [-0.15, -0.1) is 0 Å². The molecule has 0 amide bonds. The van der Waals surface area contributed by atoms with Crippen molar-refractivity contribution in [2.45, 2.75) is 32.6 Å². The number of nitrogens with zero attached hydrogens (tertiary/aromatic N) is 1. The zero-order chi connectivity index (χ0) is 19.4. The van der Waals surface area contributed by atoms with Crippen LogP contribution in [0.5, 0.6) is 0 Å². The summed E-state index contributed by atoms with van der Waals surface area (Å²) in [4.78, 5) is 15.3. The van der Waals surface area contributed by atoms with Crippen LogP contribution >= 0.6 is 0 Å². The summed E-state index contributed by atoms with van der Waals surface area (Å²) in [5.74, 6) is 6.21. The topological polar surface area (TPSA) is 77.9 Å². The second-order valence-electron chi connectivity index (χ2n) is 6.00. The molecule has 0 spiro atoms. The third-order valence-corrected chi connectivity index (χ3v) is 5.39. The highest BCUT2D eigenvalue weighted by molar-refractivity contribution is 7.91. The monoisotopic (exact) mass is 383 g/mol. The minimum Gasteiger partial charge on any atom is -0.422 e. The van der Waals surface area contributed by atoms with E-state index in [0.29, 0.717) is 11.0 Å². The van der Waals surface area contributed by atoms with Crippen LogP contribution in [0.3, 0.4) is 0 Å². The fourth-order valence-electron chi connectivity index (χ4n) is 2.85. The number of benzene rings is 1. The zero-order valence-electron chi connectivity index (χ0n) is 14.7. The van der Waals surface area contributed by atoms with Crippen LogP contribution in [-0.2, 0) is 20.7 Å². The first kappa shape index (κ1) is 18.9. The van der Waals surface area contributed by atoms with Gasteiger partial charge < -0.3 is 4.42 Å². The van der Waals surface area contributed by atoms with Gasteiger partial charge in [0.15, 0.2) is 0 Å². The van der Waals surface area contributed by atoms with Gasteiger partial charge >= 0.3 is 20.8 Å². The standard InChI is InChI=1S/C20H17NO5S/c1-3-25-27(23,24)19(21-2)13-17-11-16-10-14-8-6-4-5-7-9-15(14)12-18(16)26-20(17)22/h10-13H,3-6,8H2,1H3. The SMILES string of the molecule is [C-]#[N+]C(=Cc1cc2cc3c(cc2oc1=O)C#CCCCC3)S(=O)(=O)OCC. The van der Waals surface area contributed by atoms with Crippen molar-refractivity contribution in [1.29, 1.82) is 0 Å². The molecular weight excluding hydrogens is 366 g/mol. The first-order valence-corrected chi connectivity index (χ1v) is 9.93. The Balaban J connectivity index is 2.15. The lowest BCUT2D eigenvalue weighted by Crippen LogP contribution is -2.09. The summed E-state index contributed by atoms with van der Waals surface area (Å²) in [5.41, 5.74) is 1.53. The Hall–Kier alpha value is -2.87. The number of hydrogen-bond donors (Lipinski definition) is 0. The Morgan fingerprint density at radius 3 is 2.93 bits per heavy atom. The van der Waals surface area contributed by atoms with Crippen LogP contribution in [-0.4, -0.2) is 15.0 Å². The second-order valence-corrected chi connectivity index (χ2v) is 7.56. The highest BCUT2D eigenvalue weighted by atomic mass is 32.2. The quantitative estimate of drug-likeness (QED) is 0.350. The molecule has 0 saturated heterocycles. The van der Waals surface area contributed by atoms with Crippen LogP contribution < -0.4 is 5.63 Å². The molecule has 0 fully saturated rings. The van der Waals surface area contributed by atoms with Crippen LogP contribution in [0.25, 0.3) is 21.9 Å². The number of hydrogen-bond acceptors (Lipinski definition) is 5. The highest BCUT2D eigenvalue weighted by Gasteiger charge is 2.20. The molecule has 138 valence electrons. The summed E-state index contributed by atoms with van der Waals surface area (Å²) in [6.45, 7) is 8.49. The van der Waals surface area contributed by atoms with Crippen molar-refractivity contribution in [1.82, 2.24) is 0 Å². The van der Waals surface area contributed by atoms with E-state index in [1.54, 1.807) is 6.07 Å². The van der Waals surface area contributed by atoms with Crippen LogP contribution in [0, 0.1) is 18.4 Å². The molecular formula is C20H17NO5S. The molecule has 1 aliphatic carbocycles. The van der Waals surface area contributed by atoms with Gasteiger partial charge in [-0.25, -0.2) is 18.1 Å². The van der Waals surface area contributed by atoms with Crippen molar-refractivity contribution in [3.8, 4) is 11.8 Å². The minimum atomic E-state index is -4.21. The number of fused-ring (bicyclic) bond motifs is 2. The highest BCUT2D eigenvalue weighted by Crippen LogP contribution is 2.24. The lowest BCUT2D eigenvalue weighted by Gasteiger charge is -2.09. The van der Waals surface area contributed by atoms with E-state index >= 15 is 0 Å². The Morgan fingerprint density at radius 1 is 1.37 bits per heavy atom. The van der Waals surface area contributed by atoms with Crippen molar-refractivity contribution in [2.75, 3.05) is 6.61 Å². The molecule has 0 saturated carbocycles. The van der Waals surface area contributed by atoms with Gasteiger partial charge in [0.05, 0.1) is 18.7 Å². The number of aryl methyl sites for hydroxylation is 1. The van der Waals surface area contributed by atoms with Gasteiger partial charge in [0.25, 0.3) is 0 Å². The molecule has 0 unspecified atom stereocenters. The molecule has 7 heteroatoms. The van der Waals surface area contributed by atoms with Gasteiger partial charge in [0.2, 0.25) is 0 Å². The number of rotatable bonds is 4. The molecule has 0 aliphatic heterocycles. The molecule has 1 aromatic carbocycles. The molecule has 1 aliphatic rings. The summed E-state index contributed by atoms with van der Waals surface area (Å²) >= 11 is 0. The molecule has 2 aromatic rings. The first-order valence-electron chi connectivity index (χ1n) is 8.53. The van der Waals surface area contributed by atoms with Crippen LogP contribution in [0.1, 0.15) is 42.9 Å². The van der Waals surface area contributed by atoms with Gasteiger partial charge in [-0.05, 0) is 56.0 Å². The van der Waals surface area contributed by atoms with E-state index in [9.17, 15) is 13.2 Å². The van der Waals surface area contributed by atoms with E-state index in [2.05, 4.69) is 20.9 Å². The molecule has 0 radical (unpaired) electrons.